The monoisotopic (exact) mass is 197 g/mol. The number of aliphatic hydroxyl groups excluding tert-OH is 2. The normalized spacial score (nSPS) is 12.4. The van der Waals surface area contributed by atoms with Crippen LogP contribution in [0.15, 0.2) is 24.3 Å². The maximum Gasteiger partial charge on any atom is 0.275 e. The zero-order chi connectivity index (χ0) is 10.6. The van der Waals surface area contributed by atoms with E-state index in [1.54, 1.807) is 6.07 Å². The average Bonchev–Trinajstić information content (AvgIpc) is 2.18. The van der Waals surface area contributed by atoms with E-state index in [1.807, 2.05) is 0 Å². The number of aliphatic hydroxyl groups is 2. The number of hydrogen-bond donors (Lipinski definition) is 2. The summed E-state index contributed by atoms with van der Waals surface area (Å²) in [5.41, 5.74) is 0.125. The molecule has 0 aromatic heterocycles. The summed E-state index contributed by atoms with van der Waals surface area (Å²) in [5, 5.41) is 28.6. The Bertz CT molecular complexity index is 326. The van der Waals surface area contributed by atoms with Crippen LogP contribution in [0.25, 0.3) is 0 Å². The van der Waals surface area contributed by atoms with Gasteiger partial charge in [-0.05, 0) is 6.07 Å². The Morgan fingerprint density at radius 3 is 2.64 bits per heavy atom. The van der Waals surface area contributed by atoms with Crippen LogP contribution in [0.4, 0.5) is 5.69 Å². The summed E-state index contributed by atoms with van der Waals surface area (Å²) in [5.74, 6) is 0. The lowest BCUT2D eigenvalue weighted by molar-refractivity contribution is -0.386. The molecule has 0 saturated carbocycles. The van der Waals surface area contributed by atoms with E-state index in [2.05, 4.69) is 0 Å². The third kappa shape index (κ3) is 2.27. The fourth-order valence-electron chi connectivity index (χ4n) is 1.21. The SMILES string of the molecule is O=[N+]([O-])c1ccccc1[C@H](O)CCO. The van der Waals surface area contributed by atoms with Crippen LogP contribution in [-0.4, -0.2) is 21.7 Å². The van der Waals surface area contributed by atoms with Crippen molar-refractivity contribution in [3.63, 3.8) is 0 Å². The van der Waals surface area contributed by atoms with E-state index in [0.29, 0.717) is 0 Å². The van der Waals surface area contributed by atoms with Crippen molar-refractivity contribution in [2.75, 3.05) is 6.61 Å². The first-order valence-electron chi connectivity index (χ1n) is 4.19. The Hall–Kier alpha value is -1.46. The molecule has 0 aliphatic carbocycles. The van der Waals surface area contributed by atoms with Crippen LogP contribution in [0.1, 0.15) is 18.1 Å². The zero-order valence-electron chi connectivity index (χ0n) is 7.46. The molecule has 5 nitrogen and oxygen atoms in total. The minimum atomic E-state index is -0.985. The van der Waals surface area contributed by atoms with Gasteiger partial charge in [-0.2, -0.15) is 0 Å². The average molecular weight is 197 g/mol. The third-order valence-electron chi connectivity index (χ3n) is 1.89. The van der Waals surface area contributed by atoms with Gasteiger partial charge in [0.2, 0.25) is 0 Å². The lowest BCUT2D eigenvalue weighted by atomic mass is 10.1. The first kappa shape index (κ1) is 10.6. The van der Waals surface area contributed by atoms with Crippen LogP contribution in [0.3, 0.4) is 0 Å². The van der Waals surface area contributed by atoms with E-state index in [-0.39, 0.29) is 24.3 Å². The quantitative estimate of drug-likeness (QED) is 0.557. The molecule has 2 N–H and O–H groups in total. The fraction of sp³-hybridized carbons (Fsp3) is 0.333. The van der Waals surface area contributed by atoms with E-state index < -0.39 is 11.0 Å². The molecule has 76 valence electrons. The maximum absolute atomic E-state index is 10.6. The number of hydrogen-bond acceptors (Lipinski definition) is 4. The van der Waals surface area contributed by atoms with Crippen LogP contribution < -0.4 is 0 Å². The van der Waals surface area contributed by atoms with Crippen molar-refractivity contribution < 1.29 is 15.1 Å². The van der Waals surface area contributed by atoms with Gasteiger partial charge in [-0.3, -0.25) is 10.1 Å². The second-order valence-electron chi connectivity index (χ2n) is 2.84. The molecule has 14 heavy (non-hydrogen) atoms. The van der Waals surface area contributed by atoms with Crippen LogP contribution >= 0.6 is 0 Å². The Morgan fingerprint density at radius 2 is 2.07 bits per heavy atom. The van der Waals surface area contributed by atoms with E-state index in [0.717, 1.165) is 0 Å². The molecule has 0 unspecified atom stereocenters. The Labute approximate surface area is 80.8 Å². The van der Waals surface area contributed by atoms with Crippen LogP contribution in [0.2, 0.25) is 0 Å². The number of nitrogens with zero attached hydrogens (tertiary/aromatic N) is 1. The molecule has 5 heteroatoms. The first-order chi connectivity index (χ1) is 6.66. The highest BCUT2D eigenvalue weighted by atomic mass is 16.6. The smallest absolute Gasteiger partial charge is 0.275 e. The lowest BCUT2D eigenvalue weighted by Crippen LogP contribution is -2.03. The van der Waals surface area contributed by atoms with Gasteiger partial charge in [0.25, 0.3) is 5.69 Å². The van der Waals surface area contributed by atoms with Gasteiger partial charge in [-0.15, -0.1) is 0 Å². The van der Waals surface area contributed by atoms with Crippen molar-refractivity contribution in [2.24, 2.45) is 0 Å². The second-order valence-corrected chi connectivity index (χ2v) is 2.84. The zero-order valence-corrected chi connectivity index (χ0v) is 7.46. The molecule has 1 aromatic rings. The maximum atomic E-state index is 10.6. The lowest BCUT2D eigenvalue weighted by Gasteiger charge is -2.08. The van der Waals surface area contributed by atoms with Crippen LogP contribution in [0.5, 0.6) is 0 Å². The summed E-state index contributed by atoms with van der Waals surface area (Å²) in [6.07, 6.45) is -0.883. The second kappa shape index (κ2) is 4.69. The highest BCUT2D eigenvalue weighted by Crippen LogP contribution is 2.26. The number of para-hydroxylation sites is 1. The standard InChI is InChI=1S/C9H11NO4/c11-6-5-9(12)7-3-1-2-4-8(7)10(13)14/h1-4,9,11-12H,5-6H2/t9-/m1/s1. The summed E-state index contributed by atoms with van der Waals surface area (Å²) in [6.45, 7) is -0.201. The van der Waals surface area contributed by atoms with Crippen molar-refractivity contribution in [1.82, 2.24) is 0 Å². The molecule has 0 saturated heterocycles. The van der Waals surface area contributed by atoms with E-state index in [1.165, 1.54) is 18.2 Å². The van der Waals surface area contributed by atoms with Crippen LogP contribution in [-0.2, 0) is 0 Å². The van der Waals surface area contributed by atoms with Crippen molar-refractivity contribution in [3.05, 3.63) is 39.9 Å². The molecule has 0 amide bonds. The predicted molar refractivity (Wildman–Crippen MR) is 49.8 cm³/mol. The summed E-state index contributed by atoms with van der Waals surface area (Å²) in [6, 6.07) is 5.96. The van der Waals surface area contributed by atoms with Gasteiger partial charge in [0.15, 0.2) is 0 Å². The molecule has 1 atom stereocenters. The topological polar surface area (TPSA) is 83.6 Å². The minimum absolute atomic E-state index is 0.102. The third-order valence-corrected chi connectivity index (χ3v) is 1.89. The van der Waals surface area contributed by atoms with Gasteiger partial charge in [-0.25, -0.2) is 0 Å². The molecule has 1 rings (SSSR count). The Balaban J connectivity index is 3.00. The molecule has 0 fully saturated rings. The van der Waals surface area contributed by atoms with Crippen LogP contribution in [0, 0.1) is 10.1 Å². The van der Waals surface area contributed by atoms with Crippen molar-refractivity contribution >= 4 is 5.69 Å². The predicted octanol–water partition coefficient (Wildman–Crippen LogP) is 1.01. The number of benzene rings is 1. The van der Waals surface area contributed by atoms with Gasteiger partial charge in [0.1, 0.15) is 0 Å². The highest BCUT2D eigenvalue weighted by molar-refractivity contribution is 5.41. The Kier molecular flexibility index (Phi) is 3.55. The molecular weight excluding hydrogens is 186 g/mol. The highest BCUT2D eigenvalue weighted by Gasteiger charge is 2.18. The van der Waals surface area contributed by atoms with Gasteiger partial charge >= 0.3 is 0 Å². The number of rotatable bonds is 4. The molecule has 0 bridgehead atoms. The molecule has 1 aromatic carbocycles. The van der Waals surface area contributed by atoms with E-state index in [9.17, 15) is 15.2 Å². The van der Waals surface area contributed by atoms with E-state index in [4.69, 9.17) is 5.11 Å². The van der Waals surface area contributed by atoms with Crippen molar-refractivity contribution in [2.45, 2.75) is 12.5 Å². The molecule has 0 aliphatic rings. The summed E-state index contributed by atoms with van der Waals surface area (Å²) in [4.78, 5) is 10.0. The molecule has 0 heterocycles. The minimum Gasteiger partial charge on any atom is -0.396 e. The molecular formula is C9H11NO4. The summed E-state index contributed by atoms with van der Waals surface area (Å²) in [7, 11) is 0. The number of nitro groups is 1. The first-order valence-corrected chi connectivity index (χ1v) is 4.19. The van der Waals surface area contributed by atoms with Gasteiger partial charge in [0.05, 0.1) is 16.6 Å². The van der Waals surface area contributed by atoms with Gasteiger partial charge in [0, 0.05) is 19.1 Å². The fourth-order valence-corrected chi connectivity index (χ4v) is 1.21. The van der Waals surface area contributed by atoms with E-state index >= 15 is 0 Å². The Morgan fingerprint density at radius 1 is 1.43 bits per heavy atom. The van der Waals surface area contributed by atoms with Gasteiger partial charge in [-0.1, -0.05) is 12.1 Å². The number of nitro benzene ring substituents is 1. The largest absolute Gasteiger partial charge is 0.396 e. The molecule has 0 aliphatic heterocycles. The van der Waals surface area contributed by atoms with Gasteiger partial charge < -0.3 is 10.2 Å². The molecule has 0 spiro atoms. The van der Waals surface area contributed by atoms with Crippen molar-refractivity contribution in [1.29, 1.82) is 0 Å². The summed E-state index contributed by atoms with van der Waals surface area (Å²) < 4.78 is 0. The molecule has 0 radical (unpaired) electrons. The van der Waals surface area contributed by atoms with Crippen molar-refractivity contribution in [3.8, 4) is 0 Å². The summed E-state index contributed by atoms with van der Waals surface area (Å²) >= 11 is 0.